The summed E-state index contributed by atoms with van der Waals surface area (Å²) < 4.78 is 7.03. The molecule has 6 heteroatoms. The number of pyridine rings is 1. The number of carbonyl (C=O) groups excluding carboxylic acids is 1. The van der Waals surface area contributed by atoms with Gasteiger partial charge in [0.1, 0.15) is 5.75 Å². The minimum absolute atomic E-state index is 0.0944. The molecule has 2 heterocycles. The molecule has 3 rings (SSSR count). The molecule has 1 aromatic carbocycles. The van der Waals surface area contributed by atoms with Gasteiger partial charge in [-0.2, -0.15) is 5.10 Å². The minimum Gasteiger partial charge on any atom is -0.496 e. The zero-order valence-electron chi connectivity index (χ0n) is 14.5. The van der Waals surface area contributed by atoms with Crippen LogP contribution in [0.2, 0.25) is 0 Å². The van der Waals surface area contributed by atoms with Gasteiger partial charge < -0.3 is 9.64 Å². The number of hydrogen-bond donors (Lipinski definition) is 0. The largest absolute Gasteiger partial charge is 0.496 e. The first-order valence-electron chi connectivity index (χ1n) is 7.93. The van der Waals surface area contributed by atoms with Crippen LogP contribution < -0.4 is 4.74 Å². The average Bonchev–Trinajstić information content (AvgIpc) is 3.16. The van der Waals surface area contributed by atoms with Crippen LogP contribution in [0.3, 0.4) is 0 Å². The number of aryl methyl sites for hydroxylation is 1. The third kappa shape index (κ3) is 3.68. The second kappa shape index (κ2) is 7.17. The summed E-state index contributed by atoms with van der Waals surface area (Å²) in [6, 6.07) is 11.3. The molecular weight excluding hydrogens is 316 g/mol. The van der Waals surface area contributed by atoms with Crippen molar-refractivity contribution >= 4 is 5.91 Å². The lowest BCUT2D eigenvalue weighted by atomic mass is 10.1. The maximum atomic E-state index is 12.7. The first-order chi connectivity index (χ1) is 12.1. The maximum Gasteiger partial charge on any atom is 0.255 e. The Balaban J connectivity index is 1.75. The van der Waals surface area contributed by atoms with Gasteiger partial charge in [0.05, 0.1) is 12.7 Å². The van der Waals surface area contributed by atoms with Crippen molar-refractivity contribution in [2.24, 2.45) is 0 Å². The Morgan fingerprint density at radius 1 is 1.28 bits per heavy atom. The fourth-order valence-electron chi connectivity index (χ4n) is 2.63. The number of nitrogens with zero attached hydrogens (tertiary/aromatic N) is 4. The van der Waals surface area contributed by atoms with Crippen LogP contribution in [-0.2, 0) is 6.54 Å². The first kappa shape index (κ1) is 16.7. The maximum absolute atomic E-state index is 12.7. The number of amides is 1. The lowest BCUT2D eigenvalue weighted by Crippen LogP contribution is -2.26. The highest BCUT2D eigenvalue weighted by molar-refractivity contribution is 5.93. The van der Waals surface area contributed by atoms with E-state index in [4.69, 9.17) is 4.74 Å². The third-order valence-corrected chi connectivity index (χ3v) is 3.92. The molecule has 6 nitrogen and oxygen atoms in total. The van der Waals surface area contributed by atoms with Gasteiger partial charge in [0, 0.05) is 37.7 Å². The summed E-state index contributed by atoms with van der Waals surface area (Å²) in [5.74, 6) is 1.35. The lowest BCUT2D eigenvalue weighted by Gasteiger charge is -2.19. The van der Waals surface area contributed by atoms with E-state index in [-0.39, 0.29) is 5.91 Å². The van der Waals surface area contributed by atoms with E-state index in [0.29, 0.717) is 17.9 Å². The van der Waals surface area contributed by atoms with Crippen molar-refractivity contribution in [3.8, 4) is 11.6 Å². The Hall–Kier alpha value is -3.15. The molecule has 0 unspecified atom stereocenters. The summed E-state index contributed by atoms with van der Waals surface area (Å²) in [6.45, 7) is 2.48. The highest BCUT2D eigenvalue weighted by atomic mass is 16.5. The SMILES string of the molecule is COc1ccc(C)cc1CN(C)C(=O)c1ccc(-n2cccn2)nc1. The summed E-state index contributed by atoms with van der Waals surface area (Å²) in [5.41, 5.74) is 2.63. The quantitative estimate of drug-likeness (QED) is 0.719. The van der Waals surface area contributed by atoms with Gasteiger partial charge in [0.25, 0.3) is 5.91 Å². The molecule has 0 aliphatic carbocycles. The van der Waals surface area contributed by atoms with Gasteiger partial charge in [-0.15, -0.1) is 0 Å². The topological polar surface area (TPSA) is 60.2 Å². The van der Waals surface area contributed by atoms with E-state index in [0.717, 1.165) is 16.9 Å². The van der Waals surface area contributed by atoms with Crippen LogP contribution >= 0.6 is 0 Å². The molecule has 0 saturated heterocycles. The van der Waals surface area contributed by atoms with Crippen LogP contribution in [-0.4, -0.2) is 39.7 Å². The standard InChI is InChI=1S/C19H20N4O2/c1-14-5-7-17(25-3)16(11-14)13-22(2)19(24)15-6-8-18(20-12-15)23-10-4-9-21-23/h4-12H,13H2,1-3H3. The molecule has 25 heavy (non-hydrogen) atoms. The fourth-order valence-corrected chi connectivity index (χ4v) is 2.63. The molecule has 0 N–H and O–H groups in total. The van der Waals surface area contributed by atoms with Gasteiger partial charge in [-0.05, 0) is 31.2 Å². The van der Waals surface area contributed by atoms with Gasteiger partial charge in [-0.3, -0.25) is 4.79 Å². The molecule has 0 spiro atoms. The van der Waals surface area contributed by atoms with Crippen LogP contribution in [0.1, 0.15) is 21.5 Å². The molecule has 1 amide bonds. The van der Waals surface area contributed by atoms with E-state index >= 15 is 0 Å². The van der Waals surface area contributed by atoms with Gasteiger partial charge >= 0.3 is 0 Å². The molecule has 0 bridgehead atoms. The second-order valence-electron chi connectivity index (χ2n) is 5.83. The third-order valence-electron chi connectivity index (χ3n) is 3.92. The summed E-state index contributed by atoms with van der Waals surface area (Å²) in [4.78, 5) is 18.6. The lowest BCUT2D eigenvalue weighted by molar-refractivity contribution is 0.0783. The van der Waals surface area contributed by atoms with E-state index in [1.54, 1.807) is 54.5 Å². The molecule has 0 saturated carbocycles. The molecule has 2 aromatic heterocycles. The average molecular weight is 336 g/mol. The summed E-state index contributed by atoms with van der Waals surface area (Å²) >= 11 is 0. The van der Waals surface area contributed by atoms with E-state index in [1.165, 1.54) is 0 Å². The highest BCUT2D eigenvalue weighted by Gasteiger charge is 2.15. The van der Waals surface area contributed by atoms with Crippen molar-refractivity contribution < 1.29 is 9.53 Å². The van der Waals surface area contributed by atoms with Crippen molar-refractivity contribution in [1.82, 2.24) is 19.7 Å². The van der Waals surface area contributed by atoms with Gasteiger partial charge in [0.15, 0.2) is 5.82 Å². The smallest absolute Gasteiger partial charge is 0.255 e. The van der Waals surface area contributed by atoms with Crippen molar-refractivity contribution in [1.29, 1.82) is 0 Å². The Morgan fingerprint density at radius 3 is 2.76 bits per heavy atom. The Morgan fingerprint density at radius 2 is 2.12 bits per heavy atom. The summed E-state index contributed by atoms with van der Waals surface area (Å²) in [6.07, 6.45) is 5.06. The van der Waals surface area contributed by atoms with Gasteiger partial charge in [-0.25, -0.2) is 9.67 Å². The van der Waals surface area contributed by atoms with Crippen LogP contribution in [0.25, 0.3) is 5.82 Å². The monoisotopic (exact) mass is 336 g/mol. The molecule has 128 valence electrons. The number of ether oxygens (including phenoxy) is 1. The predicted octanol–water partition coefficient (Wildman–Crippen LogP) is 2.86. The first-order valence-corrected chi connectivity index (χ1v) is 7.93. The van der Waals surface area contributed by atoms with Gasteiger partial charge in [-0.1, -0.05) is 17.7 Å². The van der Waals surface area contributed by atoms with Crippen LogP contribution in [0.5, 0.6) is 5.75 Å². The zero-order chi connectivity index (χ0) is 17.8. The van der Waals surface area contributed by atoms with Crippen molar-refractivity contribution in [3.63, 3.8) is 0 Å². The molecular formula is C19H20N4O2. The van der Waals surface area contributed by atoms with Crippen LogP contribution in [0, 0.1) is 6.92 Å². The fraction of sp³-hybridized carbons (Fsp3) is 0.211. The Kier molecular flexibility index (Phi) is 4.79. The Labute approximate surface area is 146 Å². The van der Waals surface area contributed by atoms with E-state index < -0.39 is 0 Å². The molecule has 0 radical (unpaired) electrons. The number of carbonyl (C=O) groups is 1. The van der Waals surface area contributed by atoms with E-state index in [9.17, 15) is 4.79 Å². The number of methoxy groups -OCH3 is 1. The van der Waals surface area contributed by atoms with Crippen LogP contribution in [0.4, 0.5) is 0 Å². The normalized spacial score (nSPS) is 10.5. The van der Waals surface area contributed by atoms with Crippen LogP contribution in [0.15, 0.2) is 55.0 Å². The number of rotatable bonds is 5. The molecule has 0 aliphatic heterocycles. The number of hydrogen-bond acceptors (Lipinski definition) is 4. The summed E-state index contributed by atoms with van der Waals surface area (Å²) in [5, 5.41) is 4.12. The molecule has 3 aromatic rings. The zero-order valence-corrected chi connectivity index (χ0v) is 14.5. The van der Waals surface area contributed by atoms with E-state index in [2.05, 4.69) is 10.1 Å². The molecule has 0 aliphatic rings. The van der Waals surface area contributed by atoms with Crippen molar-refractivity contribution in [2.75, 3.05) is 14.2 Å². The summed E-state index contributed by atoms with van der Waals surface area (Å²) in [7, 11) is 3.40. The molecule has 0 atom stereocenters. The van der Waals surface area contributed by atoms with Crippen molar-refractivity contribution in [2.45, 2.75) is 13.5 Å². The number of aromatic nitrogens is 3. The minimum atomic E-state index is -0.0944. The Bertz CT molecular complexity index is 858. The van der Waals surface area contributed by atoms with Gasteiger partial charge in [0.2, 0.25) is 0 Å². The predicted molar refractivity (Wildman–Crippen MR) is 94.9 cm³/mol. The van der Waals surface area contributed by atoms with E-state index in [1.807, 2.05) is 31.2 Å². The number of benzene rings is 1. The second-order valence-corrected chi connectivity index (χ2v) is 5.83. The van der Waals surface area contributed by atoms with Crippen molar-refractivity contribution in [3.05, 3.63) is 71.7 Å². The highest BCUT2D eigenvalue weighted by Crippen LogP contribution is 2.21. The molecule has 0 fully saturated rings.